The number of thioether (sulfide) groups is 1. The number of amides is 3. The third-order valence-electron chi connectivity index (χ3n) is 5.61. The highest BCUT2D eigenvalue weighted by Crippen LogP contribution is 2.55. The van der Waals surface area contributed by atoms with E-state index in [9.17, 15) is 9.59 Å². The van der Waals surface area contributed by atoms with Crippen LogP contribution in [0.3, 0.4) is 0 Å². The molecule has 3 amide bonds. The Labute approximate surface area is 190 Å². The first-order chi connectivity index (χ1) is 15.1. The molecular weight excluding hydrogens is 430 g/mol. The number of anilines is 2. The summed E-state index contributed by atoms with van der Waals surface area (Å²) in [4.78, 5) is 29.5. The van der Waals surface area contributed by atoms with Crippen molar-refractivity contribution >= 4 is 46.7 Å². The van der Waals surface area contributed by atoms with Crippen molar-refractivity contribution in [1.29, 1.82) is 0 Å². The maximum atomic E-state index is 13.9. The molecule has 0 aliphatic carbocycles. The molecule has 3 aromatic carbocycles. The van der Waals surface area contributed by atoms with Gasteiger partial charge in [0.2, 0.25) is 0 Å². The minimum Gasteiger partial charge on any atom is -0.308 e. The fourth-order valence-electron chi connectivity index (χ4n) is 4.22. The van der Waals surface area contributed by atoms with E-state index in [2.05, 4.69) is 5.32 Å². The normalized spacial score (nSPS) is 19.7. The van der Waals surface area contributed by atoms with E-state index in [-0.39, 0.29) is 11.9 Å². The third kappa shape index (κ3) is 3.36. The van der Waals surface area contributed by atoms with Crippen LogP contribution in [0, 0.1) is 0 Å². The lowest BCUT2D eigenvalue weighted by atomic mass is 10.1. The largest absolute Gasteiger partial charge is 0.323 e. The van der Waals surface area contributed by atoms with Crippen molar-refractivity contribution in [2.45, 2.75) is 11.4 Å². The number of carbonyl (C=O) groups is 2. The van der Waals surface area contributed by atoms with Gasteiger partial charge < -0.3 is 10.2 Å². The molecule has 0 radical (unpaired) electrons. The van der Waals surface area contributed by atoms with Gasteiger partial charge in [0, 0.05) is 28.6 Å². The molecule has 1 fully saturated rings. The molecule has 1 saturated heterocycles. The van der Waals surface area contributed by atoms with Crippen LogP contribution in [0.5, 0.6) is 0 Å². The van der Waals surface area contributed by atoms with Gasteiger partial charge in [0.1, 0.15) is 0 Å². The molecule has 1 spiro atoms. The van der Waals surface area contributed by atoms with Gasteiger partial charge in [-0.2, -0.15) is 0 Å². The lowest BCUT2D eigenvalue weighted by Crippen LogP contribution is -2.51. The quantitative estimate of drug-likeness (QED) is 0.588. The van der Waals surface area contributed by atoms with Gasteiger partial charge in [-0.05, 0) is 35.9 Å². The topological polar surface area (TPSA) is 52.7 Å². The molecule has 0 bridgehead atoms. The van der Waals surface area contributed by atoms with Gasteiger partial charge in [0.25, 0.3) is 5.91 Å². The Hall–Kier alpha value is -2.96. The number of rotatable bonds is 3. The highest BCUT2D eigenvalue weighted by Gasteiger charge is 2.59. The first kappa shape index (κ1) is 20.0. The van der Waals surface area contributed by atoms with E-state index in [0.29, 0.717) is 29.6 Å². The number of carbonyl (C=O) groups excluding carboxylic acids is 2. The number of hydrogen-bond donors (Lipinski definition) is 1. The van der Waals surface area contributed by atoms with Crippen LogP contribution in [0.25, 0.3) is 0 Å². The number of hydrogen-bond acceptors (Lipinski definition) is 3. The van der Waals surface area contributed by atoms with Crippen molar-refractivity contribution < 1.29 is 9.59 Å². The van der Waals surface area contributed by atoms with Crippen LogP contribution in [-0.4, -0.2) is 29.1 Å². The van der Waals surface area contributed by atoms with Crippen molar-refractivity contribution in [2.24, 2.45) is 0 Å². The highest BCUT2D eigenvalue weighted by atomic mass is 35.5. The van der Waals surface area contributed by atoms with E-state index in [1.807, 2.05) is 72.8 Å². The molecule has 3 aromatic rings. The second-order valence-corrected chi connectivity index (χ2v) is 9.20. The molecule has 2 heterocycles. The number of fused-ring (bicyclic) bond motifs is 2. The van der Waals surface area contributed by atoms with Gasteiger partial charge in [-0.25, -0.2) is 4.79 Å². The molecule has 156 valence electrons. The Kier molecular flexibility index (Phi) is 5.12. The SMILES string of the molecule is O=C(Nc1ccccc1)N1CCS[C@]12C(=O)N(Cc1ccccc1)c1ccc(Cl)cc12. The second-order valence-electron chi connectivity index (χ2n) is 7.48. The molecule has 2 aliphatic rings. The monoisotopic (exact) mass is 449 g/mol. The Balaban J connectivity index is 1.54. The number of urea groups is 1. The first-order valence-electron chi connectivity index (χ1n) is 10.0. The van der Waals surface area contributed by atoms with E-state index in [4.69, 9.17) is 11.6 Å². The molecule has 0 saturated carbocycles. The van der Waals surface area contributed by atoms with E-state index >= 15 is 0 Å². The van der Waals surface area contributed by atoms with Crippen LogP contribution in [0.15, 0.2) is 78.9 Å². The summed E-state index contributed by atoms with van der Waals surface area (Å²) < 4.78 is 0. The van der Waals surface area contributed by atoms with Crippen molar-refractivity contribution in [2.75, 3.05) is 22.5 Å². The van der Waals surface area contributed by atoms with Crippen LogP contribution in [-0.2, 0) is 16.2 Å². The molecule has 0 unspecified atom stereocenters. The van der Waals surface area contributed by atoms with Gasteiger partial charge in [-0.1, -0.05) is 60.1 Å². The van der Waals surface area contributed by atoms with Gasteiger partial charge in [-0.3, -0.25) is 9.69 Å². The molecule has 5 nitrogen and oxygen atoms in total. The predicted octanol–water partition coefficient (Wildman–Crippen LogP) is 5.32. The average Bonchev–Trinajstić information content (AvgIpc) is 3.33. The summed E-state index contributed by atoms with van der Waals surface area (Å²) in [5, 5.41) is 3.48. The summed E-state index contributed by atoms with van der Waals surface area (Å²) in [5.41, 5.74) is 3.28. The van der Waals surface area contributed by atoms with E-state index in [1.54, 1.807) is 15.9 Å². The number of benzene rings is 3. The second kappa shape index (κ2) is 7.94. The van der Waals surface area contributed by atoms with Crippen molar-refractivity contribution in [3.63, 3.8) is 0 Å². The number of halogens is 1. The minimum atomic E-state index is -1.12. The van der Waals surface area contributed by atoms with Crippen molar-refractivity contribution in [1.82, 2.24) is 4.90 Å². The van der Waals surface area contributed by atoms with Crippen LogP contribution in [0.1, 0.15) is 11.1 Å². The third-order valence-corrected chi connectivity index (χ3v) is 7.26. The number of nitrogens with zero attached hydrogens (tertiary/aromatic N) is 2. The summed E-state index contributed by atoms with van der Waals surface area (Å²) in [7, 11) is 0. The van der Waals surface area contributed by atoms with E-state index in [0.717, 1.165) is 16.8 Å². The molecule has 1 N–H and O–H groups in total. The Bertz CT molecular complexity index is 1140. The molecule has 0 aromatic heterocycles. The lowest BCUT2D eigenvalue weighted by Gasteiger charge is -2.33. The summed E-state index contributed by atoms with van der Waals surface area (Å²) in [5.74, 6) is 0.554. The van der Waals surface area contributed by atoms with Crippen LogP contribution in [0.4, 0.5) is 16.2 Å². The zero-order valence-corrected chi connectivity index (χ0v) is 18.2. The van der Waals surface area contributed by atoms with Crippen LogP contribution < -0.4 is 10.2 Å². The molecule has 5 rings (SSSR count). The molecule has 1 atom stereocenters. The highest BCUT2D eigenvalue weighted by molar-refractivity contribution is 8.01. The summed E-state index contributed by atoms with van der Waals surface area (Å²) >= 11 is 7.83. The van der Waals surface area contributed by atoms with Crippen LogP contribution >= 0.6 is 23.4 Å². The van der Waals surface area contributed by atoms with Gasteiger partial charge in [-0.15, -0.1) is 11.8 Å². The zero-order chi connectivity index (χ0) is 21.4. The van der Waals surface area contributed by atoms with Gasteiger partial charge in [0.15, 0.2) is 4.87 Å². The Morgan fingerprint density at radius 2 is 1.74 bits per heavy atom. The maximum absolute atomic E-state index is 13.9. The summed E-state index contributed by atoms with van der Waals surface area (Å²) in [6, 6.07) is 24.3. The Morgan fingerprint density at radius 1 is 1.03 bits per heavy atom. The van der Waals surface area contributed by atoms with Gasteiger partial charge in [0.05, 0.1) is 12.2 Å². The Morgan fingerprint density at radius 3 is 2.48 bits per heavy atom. The van der Waals surface area contributed by atoms with Gasteiger partial charge >= 0.3 is 6.03 Å². The van der Waals surface area contributed by atoms with Crippen molar-refractivity contribution in [3.8, 4) is 0 Å². The standard InChI is InChI=1S/C24H20ClN3O2S/c25-18-11-12-21-20(15-18)24(22(29)27(21)16-17-7-3-1-4-8-17)28(13-14-31-24)23(30)26-19-9-5-2-6-10-19/h1-12,15H,13-14,16H2,(H,26,30)/t24-/m1/s1. The summed E-state index contributed by atoms with van der Waals surface area (Å²) in [6.07, 6.45) is 0. The lowest BCUT2D eigenvalue weighted by molar-refractivity contribution is -0.123. The molecule has 31 heavy (non-hydrogen) atoms. The molecule has 2 aliphatic heterocycles. The number of para-hydroxylation sites is 1. The fraction of sp³-hybridized carbons (Fsp3) is 0.167. The fourth-order valence-corrected chi connectivity index (χ4v) is 5.85. The summed E-state index contributed by atoms with van der Waals surface area (Å²) in [6.45, 7) is 0.908. The predicted molar refractivity (Wildman–Crippen MR) is 125 cm³/mol. The van der Waals surface area contributed by atoms with Crippen molar-refractivity contribution in [3.05, 3.63) is 95.0 Å². The minimum absolute atomic E-state index is 0.112. The van der Waals surface area contributed by atoms with Crippen LogP contribution in [0.2, 0.25) is 5.02 Å². The average molecular weight is 450 g/mol. The first-order valence-corrected chi connectivity index (χ1v) is 11.4. The van der Waals surface area contributed by atoms with E-state index in [1.165, 1.54) is 11.8 Å². The maximum Gasteiger partial charge on any atom is 0.323 e. The van der Waals surface area contributed by atoms with E-state index < -0.39 is 4.87 Å². The smallest absolute Gasteiger partial charge is 0.308 e. The number of nitrogens with one attached hydrogen (secondary N) is 1. The molecule has 7 heteroatoms. The zero-order valence-electron chi connectivity index (χ0n) is 16.6. The molecular formula is C24H20ClN3O2S.